The van der Waals surface area contributed by atoms with E-state index in [1.807, 2.05) is 0 Å². The number of hydrogen-bond donors (Lipinski definition) is 1. The summed E-state index contributed by atoms with van der Waals surface area (Å²) in [5.74, 6) is -2.00. The number of rotatable bonds is 5. The third kappa shape index (κ3) is 4.30. The van der Waals surface area contributed by atoms with Crippen molar-refractivity contribution in [2.45, 2.75) is 0 Å². The fraction of sp³-hybridized carbons (Fsp3) is 0.0500. The average molecular weight is 414 g/mol. The van der Waals surface area contributed by atoms with Gasteiger partial charge in [0.25, 0.3) is 5.91 Å². The van der Waals surface area contributed by atoms with E-state index in [2.05, 4.69) is 10.3 Å². The summed E-state index contributed by atoms with van der Waals surface area (Å²) in [6, 6.07) is 11.3. The topological polar surface area (TPSA) is 81.4 Å². The Bertz CT molecular complexity index is 1270. The van der Waals surface area contributed by atoms with E-state index in [9.17, 15) is 18.4 Å². The molecule has 29 heavy (non-hydrogen) atoms. The van der Waals surface area contributed by atoms with E-state index in [0.717, 1.165) is 28.9 Å². The van der Waals surface area contributed by atoms with Crippen LogP contribution in [0.4, 0.5) is 13.9 Å². The first kappa shape index (κ1) is 18.8. The van der Waals surface area contributed by atoms with Crippen LogP contribution in [0.2, 0.25) is 0 Å². The second kappa shape index (κ2) is 7.80. The molecular weight excluding hydrogens is 402 g/mol. The number of carbonyl (C=O) groups excluding carboxylic acids is 1. The van der Waals surface area contributed by atoms with Crippen molar-refractivity contribution >= 4 is 33.3 Å². The van der Waals surface area contributed by atoms with E-state index in [1.54, 1.807) is 23.6 Å². The number of fused-ring (bicyclic) bond motifs is 1. The molecule has 2 heterocycles. The van der Waals surface area contributed by atoms with Gasteiger partial charge in [0.2, 0.25) is 0 Å². The van der Waals surface area contributed by atoms with Gasteiger partial charge in [0.05, 0.1) is 5.69 Å². The lowest BCUT2D eigenvalue weighted by Crippen LogP contribution is -2.20. The van der Waals surface area contributed by atoms with Crippen molar-refractivity contribution < 1.29 is 22.7 Å². The van der Waals surface area contributed by atoms with Gasteiger partial charge in [-0.1, -0.05) is 0 Å². The van der Waals surface area contributed by atoms with Gasteiger partial charge in [-0.05, 0) is 36.4 Å². The molecule has 4 aromatic rings. The fourth-order valence-electron chi connectivity index (χ4n) is 2.55. The van der Waals surface area contributed by atoms with Crippen LogP contribution in [-0.2, 0) is 4.79 Å². The van der Waals surface area contributed by atoms with Gasteiger partial charge in [-0.3, -0.25) is 10.1 Å². The predicted molar refractivity (Wildman–Crippen MR) is 104 cm³/mol. The average Bonchev–Trinajstić information content (AvgIpc) is 3.16. The summed E-state index contributed by atoms with van der Waals surface area (Å²) < 4.78 is 36.9. The van der Waals surface area contributed by atoms with Crippen LogP contribution in [0.25, 0.3) is 22.2 Å². The van der Waals surface area contributed by atoms with E-state index in [4.69, 9.17) is 9.15 Å². The van der Waals surface area contributed by atoms with E-state index in [1.165, 1.54) is 18.2 Å². The molecule has 0 saturated carbocycles. The molecule has 0 aliphatic rings. The smallest absolute Gasteiger partial charge is 0.336 e. The van der Waals surface area contributed by atoms with Crippen molar-refractivity contribution in [1.29, 1.82) is 0 Å². The van der Waals surface area contributed by atoms with E-state index >= 15 is 0 Å². The number of aromatic nitrogens is 1. The molecule has 0 radical (unpaired) electrons. The summed E-state index contributed by atoms with van der Waals surface area (Å²) in [6.07, 6.45) is 0. The molecule has 1 amide bonds. The Kier molecular flexibility index (Phi) is 5.05. The molecule has 0 aliphatic heterocycles. The van der Waals surface area contributed by atoms with Gasteiger partial charge in [0.15, 0.2) is 23.4 Å². The molecule has 0 saturated heterocycles. The minimum atomic E-state index is -0.972. The lowest BCUT2D eigenvalue weighted by Gasteiger charge is -2.06. The molecule has 2 aromatic heterocycles. The number of hydrogen-bond acceptors (Lipinski definition) is 6. The predicted octanol–water partition coefficient (Wildman–Crippen LogP) is 4.21. The summed E-state index contributed by atoms with van der Waals surface area (Å²) >= 11 is 1.14. The van der Waals surface area contributed by atoms with Crippen molar-refractivity contribution in [2.24, 2.45) is 0 Å². The van der Waals surface area contributed by atoms with Crippen LogP contribution in [0.15, 0.2) is 63.1 Å². The molecule has 0 unspecified atom stereocenters. The van der Waals surface area contributed by atoms with Crippen LogP contribution in [0.3, 0.4) is 0 Å². The van der Waals surface area contributed by atoms with Gasteiger partial charge < -0.3 is 9.15 Å². The van der Waals surface area contributed by atoms with Crippen LogP contribution in [0.5, 0.6) is 5.75 Å². The lowest BCUT2D eigenvalue weighted by atomic mass is 10.2. The standard InChI is InChI=1S/C20H12F2N2O4S/c21-14-5-2-12(7-15(14)22)16-10-29-20(23-16)24-18(25)9-27-13-4-1-11-3-6-19(26)28-17(11)8-13/h1-8,10H,9H2,(H,23,24,25). The highest BCUT2D eigenvalue weighted by atomic mass is 32.1. The number of halogens is 2. The van der Waals surface area contributed by atoms with Crippen molar-refractivity contribution in [3.8, 4) is 17.0 Å². The number of carbonyl (C=O) groups is 1. The van der Waals surface area contributed by atoms with Crippen LogP contribution < -0.4 is 15.7 Å². The minimum absolute atomic E-state index is 0.289. The summed E-state index contributed by atoms with van der Waals surface area (Å²) in [6.45, 7) is -0.289. The molecule has 9 heteroatoms. The Morgan fingerprint density at radius 1 is 1.10 bits per heavy atom. The normalized spacial score (nSPS) is 10.8. The second-order valence-electron chi connectivity index (χ2n) is 5.96. The first-order valence-electron chi connectivity index (χ1n) is 8.35. The zero-order chi connectivity index (χ0) is 20.4. The van der Waals surface area contributed by atoms with Crippen LogP contribution in [0.1, 0.15) is 0 Å². The van der Waals surface area contributed by atoms with Gasteiger partial charge in [0.1, 0.15) is 11.3 Å². The molecule has 2 aromatic carbocycles. The molecule has 0 fully saturated rings. The quantitative estimate of drug-likeness (QED) is 0.495. The summed E-state index contributed by atoms with van der Waals surface area (Å²) in [7, 11) is 0. The van der Waals surface area contributed by atoms with Gasteiger partial charge in [-0.2, -0.15) is 0 Å². The van der Waals surface area contributed by atoms with E-state index in [0.29, 0.717) is 27.7 Å². The number of nitrogens with one attached hydrogen (secondary N) is 1. The van der Waals surface area contributed by atoms with Gasteiger partial charge >= 0.3 is 5.63 Å². The maximum absolute atomic E-state index is 13.4. The minimum Gasteiger partial charge on any atom is -0.484 e. The highest BCUT2D eigenvalue weighted by molar-refractivity contribution is 7.14. The van der Waals surface area contributed by atoms with Crippen LogP contribution in [-0.4, -0.2) is 17.5 Å². The number of anilines is 1. The zero-order valence-electron chi connectivity index (χ0n) is 14.6. The van der Waals surface area contributed by atoms with Crippen molar-refractivity contribution in [1.82, 2.24) is 4.98 Å². The Morgan fingerprint density at radius 3 is 2.76 bits per heavy atom. The molecule has 4 rings (SSSR count). The number of benzene rings is 2. The Labute approximate surface area is 166 Å². The Hall–Kier alpha value is -3.59. The molecule has 0 bridgehead atoms. The molecule has 146 valence electrons. The van der Waals surface area contributed by atoms with Crippen molar-refractivity contribution in [2.75, 3.05) is 11.9 Å². The van der Waals surface area contributed by atoms with Gasteiger partial charge in [-0.25, -0.2) is 18.6 Å². The highest BCUT2D eigenvalue weighted by Crippen LogP contribution is 2.26. The van der Waals surface area contributed by atoms with E-state index in [-0.39, 0.29) is 6.61 Å². The third-order valence-corrected chi connectivity index (χ3v) is 4.69. The molecule has 0 aliphatic carbocycles. The first-order chi connectivity index (χ1) is 14.0. The molecule has 0 atom stereocenters. The summed E-state index contributed by atoms with van der Waals surface area (Å²) in [4.78, 5) is 27.6. The molecule has 0 spiro atoms. The highest BCUT2D eigenvalue weighted by Gasteiger charge is 2.11. The van der Waals surface area contributed by atoms with Crippen molar-refractivity contribution in [3.05, 3.63) is 76.0 Å². The number of thiazole rings is 1. The van der Waals surface area contributed by atoms with Gasteiger partial charge in [0, 0.05) is 28.5 Å². The van der Waals surface area contributed by atoms with Gasteiger partial charge in [-0.15, -0.1) is 11.3 Å². The largest absolute Gasteiger partial charge is 0.484 e. The third-order valence-electron chi connectivity index (χ3n) is 3.93. The number of nitrogens with zero attached hydrogens (tertiary/aromatic N) is 1. The summed E-state index contributed by atoms with van der Waals surface area (Å²) in [5, 5.41) is 5.22. The first-order valence-corrected chi connectivity index (χ1v) is 9.23. The monoisotopic (exact) mass is 414 g/mol. The maximum atomic E-state index is 13.4. The van der Waals surface area contributed by atoms with E-state index < -0.39 is 23.2 Å². The zero-order valence-corrected chi connectivity index (χ0v) is 15.5. The van der Waals surface area contributed by atoms with Crippen molar-refractivity contribution in [3.63, 3.8) is 0 Å². The fourth-order valence-corrected chi connectivity index (χ4v) is 3.29. The molecule has 1 N–H and O–H groups in total. The molecule has 6 nitrogen and oxygen atoms in total. The Balaban J connectivity index is 1.39. The SMILES string of the molecule is O=C(COc1ccc2ccc(=O)oc2c1)Nc1nc(-c2ccc(F)c(F)c2)cs1. The molecular formula is C20H12F2N2O4S. The number of ether oxygens (including phenoxy) is 1. The van der Waals surface area contributed by atoms with Crippen LogP contribution >= 0.6 is 11.3 Å². The second-order valence-corrected chi connectivity index (χ2v) is 6.82. The maximum Gasteiger partial charge on any atom is 0.336 e. The Morgan fingerprint density at radius 2 is 1.93 bits per heavy atom. The lowest BCUT2D eigenvalue weighted by molar-refractivity contribution is -0.118. The van der Waals surface area contributed by atoms with Crippen LogP contribution in [0, 0.1) is 11.6 Å². The number of amides is 1. The summed E-state index contributed by atoms with van der Waals surface area (Å²) in [5.41, 5.74) is 0.684.